The molecule has 0 spiro atoms. The largest absolute Gasteiger partial charge is 0.376 e. The van der Waals surface area contributed by atoms with E-state index in [1.54, 1.807) is 43.4 Å². The first-order valence-electron chi connectivity index (χ1n) is 9.23. The number of hydrogen-bond acceptors (Lipinski definition) is 5. The third-order valence-electron chi connectivity index (χ3n) is 4.47. The van der Waals surface area contributed by atoms with E-state index in [1.165, 1.54) is 16.2 Å². The van der Waals surface area contributed by atoms with E-state index in [9.17, 15) is 14.4 Å². The Morgan fingerprint density at radius 1 is 1.24 bits per heavy atom. The molecule has 3 rings (SSSR count). The van der Waals surface area contributed by atoms with Crippen LogP contribution in [0, 0.1) is 0 Å². The van der Waals surface area contributed by atoms with Crippen molar-refractivity contribution in [2.24, 2.45) is 0 Å². The number of amides is 3. The fourth-order valence-corrected chi connectivity index (χ4v) is 4.37. The number of nitrogens with one attached hydrogen (secondary N) is 2. The van der Waals surface area contributed by atoms with Crippen molar-refractivity contribution in [3.63, 3.8) is 0 Å². The summed E-state index contributed by atoms with van der Waals surface area (Å²) in [6, 6.07) is 10.3. The average Bonchev–Trinajstić information content (AvgIpc) is 3.37. The maximum atomic E-state index is 12.5. The fraction of sp³-hybridized carbons (Fsp3) is 0.350. The molecule has 2 heterocycles. The van der Waals surface area contributed by atoms with Crippen molar-refractivity contribution in [1.82, 2.24) is 10.2 Å². The minimum atomic E-state index is -0.379. The van der Waals surface area contributed by atoms with Crippen LogP contribution in [0.2, 0.25) is 0 Å². The van der Waals surface area contributed by atoms with Gasteiger partial charge in [-0.15, -0.1) is 11.3 Å². The molecule has 0 saturated carbocycles. The number of rotatable bonds is 7. The Labute approximate surface area is 181 Å². The lowest BCUT2D eigenvalue weighted by Crippen LogP contribution is -2.35. The van der Waals surface area contributed by atoms with Crippen LogP contribution in [0.5, 0.6) is 0 Å². The van der Waals surface area contributed by atoms with Gasteiger partial charge in [0, 0.05) is 20.2 Å². The molecule has 1 aliphatic heterocycles. The third kappa shape index (κ3) is 5.88. The van der Waals surface area contributed by atoms with Gasteiger partial charge in [0.2, 0.25) is 5.91 Å². The zero-order chi connectivity index (χ0) is 20.8. The third-order valence-corrected chi connectivity index (χ3v) is 6.08. The molecule has 3 amide bonds. The Hall–Kier alpha value is -2.23. The molecular formula is C20H22BrN3O4S. The van der Waals surface area contributed by atoms with Crippen molar-refractivity contribution in [1.29, 1.82) is 0 Å². The highest BCUT2D eigenvalue weighted by molar-refractivity contribution is 9.11. The van der Waals surface area contributed by atoms with E-state index in [-0.39, 0.29) is 30.4 Å². The number of carbonyl (C=O) groups excluding carboxylic acids is 3. The second kappa shape index (κ2) is 10.00. The Morgan fingerprint density at radius 2 is 2.03 bits per heavy atom. The van der Waals surface area contributed by atoms with Gasteiger partial charge in [0.15, 0.2) is 0 Å². The van der Waals surface area contributed by atoms with Gasteiger partial charge in [0.25, 0.3) is 11.8 Å². The lowest BCUT2D eigenvalue weighted by Gasteiger charge is -2.17. The van der Waals surface area contributed by atoms with Crippen LogP contribution in [0.4, 0.5) is 5.69 Å². The molecule has 1 saturated heterocycles. The molecule has 29 heavy (non-hydrogen) atoms. The minimum Gasteiger partial charge on any atom is -0.376 e. The first-order valence-corrected chi connectivity index (χ1v) is 10.8. The molecular weight excluding hydrogens is 458 g/mol. The summed E-state index contributed by atoms with van der Waals surface area (Å²) in [5, 5.41) is 5.59. The number of halogens is 1. The van der Waals surface area contributed by atoms with Gasteiger partial charge in [0.05, 0.1) is 32.6 Å². The van der Waals surface area contributed by atoms with Crippen LogP contribution < -0.4 is 10.6 Å². The Morgan fingerprint density at radius 3 is 2.72 bits per heavy atom. The van der Waals surface area contributed by atoms with Gasteiger partial charge in [-0.25, -0.2) is 0 Å². The van der Waals surface area contributed by atoms with Crippen LogP contribution in [0.3, 0.4) is 0 Å². The van der Waals surface area contributed by atoms with E-state index in [1.807, 2.05) is 0 Å². The first-order chi connectivity index (χ1) is 13.9. The lowest BCUT2D eigenvalue weighted by molar-refractivity contribution is -0.116. The van der Waals surface area contributed by atoms with Crippen molar-refractivity contribution in [2.75, 3.05) is 32.1 Å². The fourth-order valence-electron chi connectivity index (χ4n) is 2.99. The zero-order valence-corrected chi connectivity index (χ0v) is 18.3. The molecule has 1 aromatic carbocycles. The van der Waals surface area contributed by atoms with Gasteiger partial charge in [0.1, 0.15) is 0 Å². The number of thiophene rings is 1. The molecule has 2 N–H and O–H groups in total. The van der Waals surface area contributed by atoms with Gasteiger partial charge < -0.3 is 20.3 Å². The molecule has 7 nitrogen and oxygen atoms in total. The highest BCUT2D eigenvalue weighted by Gasteiger charge is 2.20. The van der Waals surface area contributed by atoms with Crippen molar-refractivity contribution in [2.45, 2.75) is 18.9 Å². The summed E-state index contributed by atoms with van der Waals surface area (Å²) in [6.07, 6.45) is 1.97. The van der Waals surface area contributed by atoms with Crippen LogP contribution in [0.1, 0.15) is 32.9 Å². The molecule has 2 aromatic rings. The monoisotopic (exact) mass is 479 g/mol. The van der Waals surface area contributed by atoms with Gasteiger partial charge in [-0.2, -0.15) is 0 Å². The summed E-state index contributed by atoms with van der Waals surface area (Å²) in [5.74, 6) is -0.890. The Bertz CT molecular complexity index is 895. The predicted octanol–water partition coefficient (Wildman–Crippen LogP) is 3.13. The highest BCUT2D eigenvalue weighted by Crippen LogP contribution is 2.23. The van der Waals surface area contributed by atoms with Crippen molar-refractivity contribution in [3.8, 4) is 0 Å². The Balaban J connectivity index is 1.58. The number of anilines is 1. The number of carbonyl (C=O) groups is 3. The molecule has 1 unspecified atom stereocenters. The molecule has 154 valence electrons. The van der Waals surface area contributed by atoms with Crippen LogP contribution in [-0.2, 0) is 9.53 Å². The minimum absolute atomic E-state index is 0.0395. The van der Waals surface area contributed by atoms with Crippen LogP contribution in [-0.4, -0.2) is 55.5 Å². The summed E-state index contributed by atoms with van der Waals surface area (Å²) in [4.78, 5) is 39.3. The number of hydrogen-bond donors (Lipinski definition) is 2. The highest BCUT2D eigenvalue weighted by atomic mass is 79.9. The second-order valence-corrected chi connectivity index (χ2v) is 9.17. The summed E-state index contributed by atoms with van der Waals surface area (Å²) >= 11 is 4.63. The standard InChI is InChI=1S/C20H22BrN3O4S/c1-24(20(27)16-8-9-17(21)29-16)12-18(25)23-15-7-3-2-6-14(15)19(26)22-11-13-5-4-10-28-13/h2-3,6-9,13H,4-5,10-12H2,1H3,(H,22,26)(H,23,25). The predicted molar refractivity (Wildman–Crippen MR) is 115 cm³/mol. The maximum absolute atomic E-state index is 12.5. The lowest BCUT2D eigenvalue weighted by atomic mass is 10.1. The quantitative estimate of drug-likeness (QED) is 0.638. The topological polar surface area (TPSA) is 87.7 Å². The number of nitrogens with zero attached hydrogens (tertiary/aromatic N) is 1. The Kier molecular flexibility index (Phi) is 7.40. The molecule has 0 bridgehead atoms. The number of para-hydroxylation sites is 1. The average molecular weight is 480 g/mol. The van der Waals surface area contributed by atoms with E-state index in [0.717, 1.165) is 23.2 Å². The number of likely N-dealkylation sites (N-methyl/N-ethyl adjacent to an activating group) is 1. The SMILES string of the molecule is CN(CC(=O)Nc1ccccc1C(=O)NCC1CCCO1)C(=O)c1ccc(Br)s1. The molecule has 0 radical (unpaired) electrons. The normalized spacial score (nSPS) is 15.7. The van der Waals surface area contributed by atoms with E-state index in [0.29, 0.717) is 22.7 Å². The van der Waals surface area contributed by atoms with Crippen molar-refractivity contribution in [3.05, 3.63) is 50.6 Å². The van der Waals surface area contributed by atoms with Gasteiger partial charge >= 0.3 is 0 Å². The molecule has 1 fully saturated rings. The molecule has 1 aliphatic rings. The summed E-state index contributed by atoms with van der Waals surface area (Å²) in [5.41, 5.74) is 0.775. The number of ether oxygens (including phenoxy) is 1. The second-order valence-electron chi connectivity index (χ2n) is 6.70. The molecule has 1 atom stereocenters. The maximum Gasteiger partial charge on any atom is 0.264 e. The van der Waals surface area contributed by atoms with E-state index < -0.39 is 0 Å². The summed E-state index contributed by atoms with van der Waals surface area (Å²) in [7, 11) is 1.57. The van der Waals surface area contributed by atoms with Crippen molar-refractivity contribution >= 4 is 50.7 Å². The molecule has 1 aromatic heterocycles. The molecule has 9 heteroatoms. The van der Waals surface area contributed by atoms with Gasteiger partial charge in [-0.05, 0) is 53.0 Å². The molecule has 0 aliphatic carbocycles. The zero-order valence-electron chi connectivity index (χ0n) is 15.9. The number of benzene rings is 1. The summed E-state index contributed by atoms with van der Waals surface area (Å²) in [6.45, 7) is 1.04. The van der Waals surface area contributed by atoms with Gasteiger partial charge in [-0.1, -0.05) is 12.1 Å². The van der Waals surface area contributed by atoms with E-state index >= 15 is 0 Å². The van der Waals surface area contributed by atoms with Crippen molar-refractivity contribution < 1.29 is 19.1 Å². The van der Waals surface area contributed by atoms with Gasteiger partial charge in [-0.3, -0.25) is 14.4 Å². The van der Waals surface area contributed by atoms with E-state index in [2.05, 4.69) is 26.6 Å². The van der Waals surface area contributed by atoms with Crippen LogP contribution in [0.25, 0.3) is 0 Å². The van der Waals surface area contributed by atoms with Crippen LogP contribution >= 0.6 is 27.3 Å². The first kappa shape index (κ1) is 21.5. The van der Waals surface area contributed by atoms with Crippen LogP contribution in [0.15, 0.2) is 40.2 Å². The summed E-state index contributed by atoms with van der Waals surface area (Å²) < 4.78 is 6.36. The van der Waals surface area contributed by atoms with E-state index in [4.69, 9.17) is 4.74 Å². The smallest absolute Gasteiger partial charge is 0.264 e.